The number of benzene rings is 1. The highest BCUT2D eigenvalue weighted by Gasteiger charge is 2.02. The molecule has 0 spiro atoms. The molecule has 108 valence electrons. The molecule has 0 atom stereocenters. The minimum atomic E-state index is 0.762. The quantitative estimate of drug-likeness (QED) is 0.841. The van der Waals surface area contributed by atoms with Gasteiger partial charge in [0, 0.05) is 31.2 Å². The van der Waals surface area contributed by atoms with Crippen molar-refractivity contribution in [3.8, 4) is 0 Å². The lowest BCUT2D eigenvalue weighted by atomic mass is 10.2. The van der Waals surface area contributed by atoms with Gasteiger partial charge in [-0.05, 0) is 38.2 Å². The largest absolute Gasteiger partial charge is 0.378 e. The molecular formula is C16H24N4. The third kappa shape index (κ3) is 4.10. The van der Waals surface area contributed by atoms with Crippen LogP contribution in [0.5, 0.6) is 0 Å². The maximum Gasteiger partial charge on any atom is 0.128 e. The molecule has 0 amide bonds. The van der Waals surface area contributed by atoms with Crippen LogP contribution < -0.4 is 5.32 Å². The van der Waals surface area contributed by atoms with Crippen molar-refractivity contribution in [2.45, 2.75) is 33.0 Å². The van der Waals surface area contributed by atoms with Crippen molar-refractivity contribution in [2.24, 2.45) is 0 Å². The van der Waals surface area contributed by atoms with E-state index in [9.17, 15) is 0 Å². The van der Waals surface area contributed by atoms with Crippen LogP contribution in [0.1, 0.15) is 24.7 Å². The SMILES string of the molecule is CCCn1ccnc1CNc1cccc(CN(C)C)c1. The van der Waals surface area contributed by atoms with Crippen molar-refractivity contribution < 1.29 is 0 Å². The van der Waals surface area contributed by atoms with Crippen LogP contribution in [0.2, 0.25) is 0 Å². The molecule has 0 bridgehead atoms. The lowest BCUT2D eigenvalue weighted by molar-refractivity contribution is 0.402. The molecule has 1 aromatic carbocycles. The zero-order chi connectivity index (χ0) is 14.4. The third-order valence-electron chi connectivity index (χ3n) is 3.14. The van der Waals surface area contributed by atoms with E-state index in [2.05, 4.69) is 65.1 Å². The number of aromatic nitrogens is 2. The molecule has 20 heavy (non-hydrogen) atoms. The van der Waals surface area contributed by atoms with Gasteiger partial charge in [0.1, 0.15) is 5.82 Å². The van der Waals surface area contributed by atoms with Crippen molar-refractivity contribution in [3.63, 3.8) is 0 Å². The molecule has 1 N–H and O–H groups in total. The smallest absolute Gasteiger partial charge is 0.128 e. The molecule has 2 rings (SSSR count). The fourth-order valence-electron chi connectivity index (χ4n) is 2.28. The second-order valence-corrected chi connectivity index (χ2v) is 5.33. The van der Waals surface area contributed by atoms with Gasteiger partial charge >= 0.3 is 0 Å². The van der Waals surface area contributed by atoms with E-state index in [4.69, 9.17) is 0 Å². The molecule has 4 nitrogen and oxygen atoms in total. The van der Waals surface area contributed by atoms with Crippen molar-refractivity contribution in [1.29, 1.82) is 0 Å². The van der Waals surface area contributed by atoms with Gasteiger partial charge < -0.3 is 14.8 Å². The van der Waals surface area contributed by atoms with Crippen molar-refractivity contribution in [1.82, 2.24) is 14.5 Å². The van der Waals surface area contributed by atoms with Gasteiger partial charge in [-0.3, -0.25) is 0 Å². The molecule has 0 fully saturated rings. The predicted octanol–water partition coefficient (Wildman–Crippen LogP) is 2.97. The first-order valence-corrected chi connectivity index (χ1v) is 7.16. The predicted molar refractivity (Wildman–Crippen MR) is 83.7 cm³/mol. The summed E-state index contributed by atoms with van der Waals surface area (Å²) in [5.41, 5.74) is 2.47. The second kappa shape index (κ2) is 7.10. The Morgan fingerprint density at radius 3 is 2.90 bits per heavy atom. The molecule has 0 radical (unpaired) electrons. The van der Waals surface area contributed by atoms with E-state index < -0.39 is 0 Å². The van der Waals surface area contributed by atoms with Crippen molar-refractivity contribution >= 4 is 5.69 Å². The molecular weight excluding hydrogens is 248 g/mol. The van der Waals surface area contributed by atoms with Gasteiger partial charge in [-0.15, -0.1) is 0 Å². The second-order valence-electron chi connectivity index (χ2n) is 5.33. The summed E-state index contributed by atoms with van der Waals surface area (Å²) < 4.78 is 2.21. The van der Waals surface area contributed by atoms with Crippen molar-refractivity contribution in [2.75, 3.05) is 19.4 Å². The Bertz CT molecular complexity index is 531. The van der Waals surface area contributed by atoms with Gasteiger partial charge in [-0.1, -0.05) is 19.1 Å². The molecule has 0 saturated heterocycles. The van der Waals surface area contributed by atoms with E-state index in [1.807, 2.05) is 12.4 Å². The van der Waals surface area contributed by atoms with Gasteiger partial charge in [0.25, 0.3) is 0 Å². The van der Waals surface area contributed by atoms with Gasteiger partial charge in [0.05, 0.1) is 6.54 Å². The Balaban J connectivity index is 1.98. The fraction of sp³-hybridized carbons (Fsp3) is 0.438. The first-order valence-electron chi connectivity index (χ1n) is 7.16. The van der Waals surface area contributed by atoms with Crippen molar-refractivity contribution in [3.05, 3.63) is 48.0 Å². The first-order chi connectivity index (χ1) is 9.69. The number of imidazole rings is 1. The van der Waals surface area contributed by atoms with Crippen LogP contribution in [0.4, 0.5) is 5.69 Å². The summed E-state index contributed by atoms with van der Waals surface area (Å²) in [6.07, 6.45) is 5.04. The summed E-state index contributed by atoms with van der Waals surface area (Å²) in [7, 11) is 4.17. The Kier molecular flexibility index (Phi) is 5.18. The van der Waals surface area contributed by atoms with Crippen LogP contribution in [0.25, 0.3) is 0 Å². The molecule has 1 aromatic heterocycles. The zero-order valence-electron chi connectivity index (χ0n) is 12.6. The number of aryl methyl sites for hydroxylation is 1. The van der Waals surface area contributed by atoms with E-state index in [-0.39, 0.29) is 0 Å². The lowest BCUT2D eigenvalue weighted by Gasteiger charge is -2.12. The van der Waals surface area contributed by atoms with Gasteiger partial charge in [0.15, 0.2) is 0 Å². The summed E-state index contributed by atoms with van der Waals surface area (Å²) in [6.45, 7) is 4.93. The van der Waals surface area contributed by atoms with Gasteiger partial charge in [0.2, 0.25) is 0 Å². The maximum atomic E-state index is 4.41. The van der Waals surface area contributed by atoms with Gasteiger partial charge in [-0.2, -0.15) is 0 Å². The molecule has 0 aliphatic carbocycles. The number of hydrogen-bond acceptors (Lipinski definition) is 3. The third-order valence-corrected chi connectivity index (χ3v) is 3.14. The minimum absolute atomic E-state index is 0.762. The Labute approximate surface area is 121 Å². The van der Waals surface area contributed by atoms with E-state index >= 15 is 0 Å². The first kappa shape index (κ1) is 14.6. The van der Waals surface area contributed by atoms with Crippen LogP contribution in [0.15, 0.2) is 36.7 Å². The average molecular weight is 272 g/mol. The lowest BCUT2D eigenvalue weighted by Crippen LogP contribution is -2.11. The molecule has 0 saturated carbocycles. The summed E-state index contributed by atoms with van der Waals surface area (Å²) in [4.78, 5) is 6.59. The van der Waals surface area contributed by atoms with Crippen LogP contribution in [0, 0.1) is 0 Å². The van der Waals surface area contributed by atoms with Crippen LogP contribution in [0.3, 0.4) is 0 Å². The molecule has 0 aliphatic heterocycles. The van der Waals surface area contributed by atoms with E-state index in [1.165, 1.54) is 5.56 Å². The van der Waals surface area contributed by atoms with Crippen LogP contribution in [-0.2, 0) is 19.6 Å². The molecule has 1 heterocycles. The Hall–Kier alpha value is -1.81. The highest BCUT2D eigenvalue weighted by Crippen LogP contribution is 2.13. The molecule has 0 aliphatic rings. The fourth-order valence-corrected chi connectivity index (χ4v) is 2.28. The summed E-state index contributed by atoms with van der Waals surface area (Å²) in [5.74, 6) is 1.09. The summed E-state index contributed by atoms with van der Waals surface area (Å²) in [6, 6.07) is 8.56. The highest BCUT2D eigenvalue weighted by atomic mass is 15.1. The topological polar surface area (TPSA) is 33.1 Å². The average Bonchev–Trinajstić information content (AvgIpc) is 2.84. The normalized spacial score (nSPS) is 11.0. The molecule has 0 unspecified atom stereocenters. The molecule has 4 heteroatoms. The van der Waals surface area contributed by atoms with Crippen LogP contribution >= 0.6 is 0 Å². The number of hydrogen-bond donors (Lipinski definition) is 1. The number of anilines is 1. The maximum absolute atomic E-state index is 4.41. The Morgan fingerprint density at radius 2 is 2.15 bits per heavy atom. The number of nitrogens with one attached hydrogen (secondary N) is 1. The Morgan fingerprint density at radius 1 is 1.30 bits per heavy atom. The molecule has 2 aromatic rings. The summed E-state index contributed by atoms with van der Waals surface area (Å²) >= 11 is 0. The highest BCUT2D eigenvalue weighted by molar-refractivity contribution is 5.45. The standard InChI is InChI=1S/C16H24N4/c1-4-9-20-10-8-17-16(20)12-18-15-7-5-6-14(11-15)13-19(2)3/h5-8,10-11,18H,4,9,12-13H2,1-3H3. The number of rotatable bonds is 7. The van der Waals surface area contributed by atoms with E-state index in [0.717, 1.165) is 37.6 Å². The monoisotopic (exact) mass is 272 g/mol. The van der Waals surface area contributed by atoms with E-state index in [0.29, 0.717) is 0 Å². The zero-order valence-corrected chi connectivity index (χ0v) is 12.6. The van der Waals surface area contributed by atoms with Gasteiger partial charge in [-0.25, -0.2) is 4.98 Å². The van der Waals surface area contributed by atoms with Crippen LogP contribution in [-0.4, -0.2) is 28.5 Å². The minimum Gasteiger partial charge on any atom is -0.378 e. The summed E-state index contributed by atoms with van der Waals surface area (Å²) in [5, 5.41) is 3.46. The number of nitrogens with zero attached hydrogens (tertiary/aromatic N) is 3. The van der Waals surface area contributed by atoms with E-state index in [1.54, 1.807) is 0 Å².